The fraction of sp³-hybridized carbons (Fsp3) is 0.400. The quantitative estimate of drug-likeness (QED) is 0.873. The number of nitrogen functional groups attached to an aromatic ring is 1. The summed E-state index contributed by atoms with van der Waals surface area (Å²) in [5, 5.41) is 1.65. The molecule has 3 nitrogen and oxygen atoms in total. The molecule has 0 spiro atoms. The van der Waals surface area contributed by atoms with Crippen LogP contribution in [0.25, 0.3) is 10.9 Å². The molecule has 2 heterocycles. The SMILES string of the molecule is CC1OCCC1SCc1ccc(N)c2cccnc12. The summed E-state index contributed by atoms with van der Waals surface area (Å²) in [7, 11) is 0. The predicted octanol–water partition coefficient (Wildman–Crippen LogP) is 3.23. The molecule has 2 atom stereocenters. The Morgan fingerprint density at radius 1 is 1.42 bits per heavy atom. The lowest BCUT2D eigenvalue weighted by Gasteiger charge is -2.14. The molecule has 1 aliphatic rings. The Morgan fingerprint density at radius 2 is 2.32 bits per heavy atom. The first kappa shape index (κ1) is 12.8. The Morgan fingerprint density at radius 3 is 3.11 bits per heavy atom. The van der Waals surface area contributed by atoms with Crippen LogP contribution >= 0.6 is 11.8 Å². The molecular formula is C15H18N2OS. The summed E-state index contributed by atoms with van der Waals surface area (Å²) in [5.74, 6) is 0.964. The number of ether oxygens (including phenoxy) is 1. The number of nitrogens with two attached hydrogens (primary N) is 1. The third-order valence-electron chi connectivity index (χ3n) is 3.65. The molecule has 1 saturated heterocycles. The highest BCUT2D eigenvalue weighted by Gasteiger charge is 2.24. The minimum Gasteiger partial charge on any atom is -0.398 e. The zero-order valence-corrected chi connectivity index (χ0v) is 11.8. The van der Waals surface area contributed by atoms with Crippen LogP contribution in [0.5, 0.6) is 0 Å². The first-order valence-electron chi connectivity index (χ1n) is 6.61. The molecule has 1 aliphatic heterocycles. The van der Waals surface area contributed by atoms with E-state index >= 15 is 0 Å². The van der Waals surface area contributed by atoms with Crippen LogP contribution in [-0.4, -0.2) is 22.9 Å². The van der Waals surface area contributed by atoms with Gasteiger partial charge in [-0.3, -0.25) is 4.98 Å². The van der Waals surface area contributed by atoms with Crippen LogP contribution < -0.4 is 5.73 Å². The molecule has 0 bridgehead atoms. The van der Waals surface area contributed by atoms with Gasteiger partial charge in [-0.15, -0.1) is 0 Å². The van der Waals surface area contributed by atoms with Crippen molar-refractivity contribution < 1.29 is 4.74 Å². The highest BCUT2D eigenvalue weighted by Crippen LogP contribution is 2.31. The van der Waals surface area contributed by atoms with E-state index in [9.17, 15) is 0 Å². The second-order valence-electron chi connectivity index (χ2n) is 4.93. The Balaban J connectivity index is 1.83. The zero-order chi connectivity index (χ0) is 13.2. The van der Waals surface area contributed by atoms with Gasteiger partial charge in [-0.25, -0.2) is 0 Å². The number of fused-ring (bicyclic) bond motifs is 1. The Bertz CT molecular complexity index is 587. The topological polar surface area (TPSA) is 48.1 Å². The second kappa shape index (κ2) is 5.39. The van der Waals surface area contributed by atoms with Crippen LogP contribution in [0.15, 0.2) is 30.5 Å². The Kier molecular flexibility index (Phi) is 3.62. The van der Waals surface area contributed by atoms with Gasteiger partial charge in [0.1, 0.15) is 0 Å². The Labute approximate surface area is 117 Å². The fourth-order valence-corrected chi connectivity index (χ4v) is 3.74. The van der Waals surface area contributed by atoms with Gasteiger partial charge < -0.3 is 10.5 Å². The number of aromatic nitrogens is 1. The van der Waals surface area contributed by atoms with E-state index in [0.29, 0.717) is 11.4 Å². The lowest BCUT2D eigenvalue weighted by Crippen LogP contribution is -2.13. The van der Waals surface area contributed by atoms with Crippen LogP contribution in [0.4, 0.5) is 5.69 Å². The molecule has 3 rings (SSSR count). The van der Waals surface area contributed by atoms with E-state index in [2.05, 4.69) is 18.0 Å². The number of benzene rings is 1. The normalized spacial score (nSPS) is 23.0. The van der Waals surface area contributed by atoms with Crippen molar-refractivity contribution in [1.29, 1.82) is 0 Å². The molecule has 0 aliphatic carbocycles. The van der Waals surface area contributed by atoms with Gasteiger partial charge in [0.05, 0.1) is 11.6 Å². The third kappa shape index (κ3) is 2.55. The molecule has 2 N–H and O–H groups in total. The number of pyridine rings is 1. The van der Waals surface area contributed by atoms with Gasteiger partial charge in [0.15, 0.2) is 0 Å². The maximum atomic E-state index is 6.00. The van der Waals surface area contributed by atoms with Gasteiger partial charge in [0.2, 0.25) is 0 Å². The van der Waals surface area contributed by atoms with Crippen molar-refractivity contribution >= 4 is 28.4 Å². The summed E-state index contributed by atoms with van der Waals surface area (Å²) in [6, 6.07) is 8.04. The van der Waals surface area contributed by atoms with Gasteiger partial charge in [0, 0.05) is 34.9 Å². The van der Waals surface area contributed by atoms with E-state index < -0.39 is 0 Å². The van der Waals surface area contributed by atoms with E-state index in [1.54, 1.807) is 0 Å². The highest BCUT2D eigenvalue weighted by atomic mass is 32.2. The maximum Gasteiger partial charge on any atom is 0.0763 e. The highest BCUT2D eigenvalue weighted by molar-refractivity contribution is 7.99. The van der Waals surface area contributed by atoms with Gasteiger partial charge in [-0.05, 0) is 37.1 Å². The molecule has 2 aromatic rings. The summed E-state index contributed by atoms with van der Waals surface area (Å²) < 4.78 is 5.60. The molecule has 1 fully saturated rings. The lowest BCUT2D eigenvalue weighted by molar-refractivity contribution is 0.127. The van der Waals surface area contributed by atoms with Gasteiger partial charge >= 0.3 is 0 Å². The average Bonchev–Trinajstić information content (AvgIpc) is 2.84. The number of rotatable bonds is 3. The molecule has 100 valence electrons. The summed E-state index contributed by atoms with van der Waals surface area (Å²) >= 11 is 1.96. The summed E-state index contributed by atoms with van der Waals surface area (Å²) in [5.41, 5.74) is 9.09. The number of hydrogen-bond acceptors (Lipinski definition) is 4. The van der Waals surface area contributed by atoms with Gasteiger partial charge in [-0.1, -0.05) is 6.07 Å². The molecule has 1 aromatic carbocycles. The van der Waals surface area contributed by atoms with Crippen molar-refractivity contribution in [2.24, 2.45) is 0 Å². The number of hydrogen-bond donors (Lipinski definition) is 1. The lowest BCUT2D eigenvalue weighted by atomic mass is 10.1. The van der Waals surface area contributed by atoms with Crippen LogP contribution in [0.2, 0.25) is 0 Å². The minimum absolute atomic E-state index is 0.359. The van der Waals surface area contributed by atoms with Crippen molar-refractivity contribution in [3.63, 3.8) is 0 Å². The van der Waals surface area contributed by atoms with Crippen LogP contribution in [0, 0.1) is 0 Å². The molecule has 0 radical (unpaired) electrons. The first-order valence-corrected chi connectivity index (χ1v) is 7.66. The summed E-state index contributed by atoms with van der Waals surface area (Å²) in [4.78, 5) is 4.48. The van der Waals surface area contributed by atoms with Crippen LogP contribution in [-0.2, 0) is 10.5 Å². The van der Waals surface area contributed by atoms with Crippen molar-refractivity contribution in [2.45, 2.75) is 30.5 Å². The summed E-state index contributed by atoms with van der Waals surface area (Å²) in [6.45, 7) is 3.05. The predicted molar refractivity (Wildman–Crippen MR) is 81.3 cm³/mol. The van der Waals surface area contributed by atoms with Gasteiger partial charge in [-0.2, -0.15) is 11.8 Å². The smallest absolute Gasteiger partial charge is 0.0763 e. The van der Waals surface area contributed by atoms with Crippen molar-refractivity contribution in [3.8, 4) is 0 Å². The van der Waals surface area contributed by atoms with Crippen LogP contribution in [0.3, 0.4) is 0 Å². The largest absolute Gasteiger partial charge is 0.398 e. The van der Waals surface area contributed by atoms with Crippen LogP contribution in [0.1, 0.15) is 18.9 Å². The van der Waals surface area contributed by atoms with E-state index in [1.165, 1.54) is 5.56 Å². The maximum absolute atomic E-state index is 6.00. The second-order valence-corrected chi connectivity index (χ2v) is 6.16. The third-order valence-corrected chi connectivity index (χ3v) is 5.17. The molecule has 4 heteroatoms. The minimum atomic E-state index is 0.359. The first-order chi connectivity index (χ1) is 9.25. The number of thioether (sulfide) groups is 1. The summed E-state index contributed by atoms with van der Waals surface area (Å²) in [6.07, 6.45) is 3.33. The molecule has 19 heavy (non-hydrogen) atoms. The molecule has 0 saturated carbocycles. The van der Waals surface area contributed by atoms with E-state index in [-0.39, 0.29) is 0 Å². The van der Waals surface area contributed by atoms with Crippen molar-refractivity contribution in [3.05, 3.63) is 36.0 Å². The monoisotopic (exact) mass is 274 g/mol. The molecule has 2 unspecified atom stereocenters. The fourth-order valence-electron chi connectivity index (χ4n) is 2.50. The Hall–Kier alpha value is -1.26. The van der Waals surface area contributed by atoms with E-state index in [0.717, 1.165) is 35.4 Å². The number of anilines is 1. The van der Waals surface area contributed by atoms with Gasteiger partial charge in [0.25, 0.3) is 0 Å². The molecule has 0 amide bonds. The van der Waals surface area contributed by atoms with Crippen molar-refractivity contribution in [2.75, 3.05) is 12.3 Å². The number of nitrogens with zero attached hydrogens (tertiary/aromatic N) is 1. The molecular weight excluding hydrogens is 256 g/mol. The zero-order valence-electron chi connectivity index (χ0n) is 11.0. The standard InChI is InChI=1S/C15H18N2OS/c1-10-14(6-8-18-10)19-9-11-4-5-13(16)12-3-2-7-17-15(11)12/h2-5,7,10,14H,6,8-9,16H2,1H3. The average molecular weight is 274 g/mol. The molecule has 1 aromatic heterocycles. The van der Waals surface area contributed by atoms with E-state index in [4.69, 9.17) is 10.5 Å². The van der Waals surface area contributed by atoms with E-state index in [1.807, 2.05) is 36.2 Å². The van der Waals surface area contributed by atoms with Crippen molar-refractivity contribution in [1.82, 2.24) is 4.98 Å².